The van der Waals surface area contributed by atoms with Gasteiger partial charge in [-0.15, -0.1) is 0 Å². The topological polar surface area (TPSA) is 74.8 Å². The molecule has 2 unspecified atom stereocenters. The van der Waals surface area contributed by atoms with Crippen molar-refractivity contribution in [3.8, 4) is 0 Å². The van der Waals surface area contributed by atoms with Gasteiger partial charge in [0.2, 0.25) is 23.6 Å². The van der Waals surface area contributed by atoms with Gasteiger partial charge in [-0.05, 0) is 12.8 Å². The van der Waals surface area contributed by atoms with Gasteiger partial charge >= 0.3 is 0 Å². The van der Waals surface area contributed by atoms with Gasteiger partial charge in [-0.25, -0.2) is 0 Å². The van der Waals surface area contributed by atoms with E-state index < -0.39 is 0 Å². The highest BCUT2D eigenvalue weighted by Gasteiger charge is 2.41. The van der Waals surface area contributed by atoms with E-state index in [2.05, 4.69) is 13.8 Å². The van der Waals surface area contributed by atoms with E-state index in [0.717, 1.165) is 38.5 Å². The number of carbonyl (C=O) groups is 4. The Bertz CT molecular complexity index is 804. The van der Waals surface area contributed by atoms with Crippen LogP contribution < -0.4 is 0 Å². The number of hydrogen-bond donors (Lipinski definition) is 0. The molecule has 0 aromatic heterocycles. The average molecular weight is 673 g/mol. The van der Waals surface area contributed by atoms with Crippen molar-refractivity contribution in [2.24, 2.45) is 11.8 Å². The molecule has 2 aliphatic heterocycles. The third-order valence-corrected chi connectivity index (χ3v) is 11.0. The molecule has 2 saturated heterocycles. The van der Waals surface area contributed by atoms with E-state index in [9.17, 15) is 19.2 Å². The summed E-state index contributed by atoms with van der Waals surface area (Å²) in [6, 6.07) is 0. The summed E-state index contributed by atoms with van der Waals surface area (Å²) in [4.78, 5) is 53.9. The first-order chi connectivity index (χ1) is 23.5. The molecule has 2 fully saturated rings. The Morgan fingerprint density at radius 2 is 0.604 bits per heavy atom. The highest BCUT2D eigenvalue weighted by molar-refractivity contribution is 6.05. The van der Waals surface area contributed by atoms with Crippen LogP contribution in [0.5, 0.6) is 0 Å². The summed E-state index contributed by atoms with van der Waals surface area (Å²) in [6.07, 6.45) is 38.5. The van der Waals surface area contributed by atoms with Gasteiger partial charge in [-0.3, -0.25) is 29.0 Å². The maximum absolute atomic E-state index is 13.0. The maximum atomic E-state index is 13.0. The largest absolute Gasteiger partial charge is 0.281 e. The van der Waals surface area contributed by atoms with E-state index in [4.69, 9.17) is 0 Å². The van der Waals surface area contributed by atoms with E-state index in [1.807, 2.05) is 0 Å². The van der Waals surface area contributed by atoms with E-state index >= 15 is 0 Å². The molecule has 0 N–H and O–H groups in total. The molecule has 2 aliphatic rings. The van der Waals surface area contributed by atoms with Crippen LogP contribution in [0.1, 0.15) is 219 Å². The van der Waals surface area contributed by atoms with Crippen LogP contribution in [0.15, 0.2) is 0 Å². The third kappa shape index (κ3) is 18.3. The summed E-state index contributed by atoms with van der Waals surface area (Å²) in [5.41, 5.74) is 0. The van der Waals surface area contributed by atoms with Gasteiger partial charge in [-0.2, -0.15) is 0 Å². The lowest BCUT2D eigenvalue weighted by atomic mass is 9.98. The standard InChI is InChI=1S/C42H76N2O4/c1-3-5-7-9-11-13-15-17-19-21-23-25-27-29-31-37-35-39(45)43(41(37)47)33-34-44-40(46)36-38(42(44)48)32-30-28-26-24-22-20-18-16-14-12-10-8-6-4-2/h37-38H,3-36H2,1-2H3. The lowest BCUT2D eigenvalue weighted by molar-refractivity contribution is -0.144. The lowest BCUT2D eigenvalue weighted by Gasteiger charge is -2.20. The Morgan fingerprint density at radius 1 is 0.375 bits per heavy atom. The van der Waals surface area contributed by atoms with Gasteiger partial charge < -0.3 is 0 Å². The van der Waals surface area contributed by atoms with Gasteiger partial charge in [0, 0.05) is 37.8 Å². The molecule has 0 aromatic carbocycles. The number of rotatable bonds is 33. The Morgan fingerprint density at radius 3 is 0.854 bits per heavy atom. The number of nitrogens with zero attached hydrogens (tertiary/aromatic N) is 2. The van der Waals surface area contributed by atoms with Crippen LogP contribution in [0.4, 0.5) is 0 Å². The number of amides is 4. The van der Waals surface area contributed by atoms with Crippen molar-refractivity contribution < 1.29 is 19.2 Å². The molecule has 0 spiro atoms. The van der Waals surface area contributed by atoms with E-state index in [0.29, 0.717) is 0 Å². The fourth-order valence-electron chi connectivity index (χ4n) is 7.79. The van der Waals surface area contributed by atoms with Gasteiger partial charge in [0.15, 0.2) is 0 Å². The van der Waals surface area contributed by atoms with Crippen LogP contribution in [-0.4, -0.2) is 46.5 Å². The Hall–Kier alpha value is -1.72. The Balaban J connectivity index is 1.47. The zero-order chi connectivity index (χ0) is 34.7. The zero-order valence-electron chi connectivity index (χ0n) is 31.7. The summed E-state index contributed by atoms with van der Waals surface area (Å²) < 4.78 is 0. The second kappa shape index (κ2) is 28.0. The molecular weight excluding hydrogens is 596 g/mol. The minimum atomic E-state index is -0.229. The van der Waals surface area contributed by atoms with Crippen molar-refractivity contribution in [2.45, 2.75) is 219 Å². The molecule has 48 heavy (non-hydrogen) atoms. The molecule has 0 aliphatic carbocycles. The molecular formula is C42H76N2O4. The summed E-state index contributed by atoms with van der Waals surface area (Å²) in [6.45, 7) is 4.83. The minimum Gasteiger partial charge on any atom is -0.281 e. The highest BCUT2D eigenvalue weighted by atomic mass is 16.2. The number of carbonyl (C=O) groups excluding carboxylic acids is 4. The Labute approximate surface area is 296 Å². The van der Waals surface area contributed by atoms with Crippen molar-refractivity contribution in [3.63, 3.8) is 0 Å². The molecule has 0 saturated carbocycles. The molecule has 2 atom stereocenters. The minimum absolute atomic E-state index is 0.104. The fraction of sp³-hybridized carbons (Fsp3) is 0.905. The van der Waals surface area contributed by atoms with Crippen molar-refractivity contribution in [1.82, 2.24) is 9.80 Å². The van der Waals surface area contributed by atoms with Crippen molar-refractivity contribution in [3.05, 3.63) is 0 Å². The second-order valence-corrected chi connectivity index (χ2v) is 15.3. The van der Waals surface area contributed by atoms with E-state index in [1.54, 1.807) is 0 Å². The van der Waals surface area contributed by atoms with Crippen LogP contribution in [0, 0.1) is 11.8 Å². The molecule has 2 rings (SSSR count). The Kier molecular flexibility index (Phi) is 24.8. The molecule has 6 nitrogen and oxygen atoms in total. The van der Waals surface area contributed by atoms with Crippen LogP contribution in [0.2, 0.25) is 0 Å². The number of imide groups is 2. The summed E-state index contributed by atoms with van der Waals surface area (Å²) in [5, 5.41) is 0. The molecule has 0 aromatic rings. The van der Waals surface area contributed by atoms with E-state index in [-0.39, 0.29) is 61.4 Å². The van der Waals surface area contributed by atoms with E-state index in [1.165, 1.54) is 164 Å². The summed E-state index contributed by atoms with van der Waals surface area (Å²) in [5.74, 6) is -0.955. The predicted molar refractivity (Wildman–Crippen MR) is 200 cm³/mol. The highest BCUT2D eigenvalue weighted by Crippen LogP contribution is 2.28. The summed E-state index contributed by atoms with van der Waals surface area (Å²) in [7, 11) is 0. The fourth-order valence-corrected chi connectivity index (χ4v) is 7.79. The molecule has 278 valence electrons. The van der Waals surface area contributed by atoms with Gasteiger partial charge in [-0.1, -0.05) is 194 Å². The maximum Gasteiger partial charge on any atom is 0.232 e. The SMILES string of the molecule is CCCCCCCCCCCCCCCCC1CC(=O)N(CCN2C(=O)CC(CCCCCCCCCCCCCCCC)C2=O)C1=O. The molecule has 4 amide bonds. The molecule has 6 heteroatoms. The first kappa shape index (κ1) is 42.4. The van der Waals surface area contributed by atoms with Crippen LogP contribution in [0.3, 0.4) is 0 Å². The van der Waals surface area contributed by atoms with Crippen molar-refractivity contribution in [2.75, 3.05) is 13.1 Å². The first-order valence-electron chi connectivity index (χ1n) is 21.2. The predicted octanol–water partition coefficient (Wildman–Crippen LogP) is 11.5. The number of hydrogen-bond acceptors (Lipinski definition) is 4. The van der Waals surface area contributed by atoms with Crippen LogP contribution in [-0.2, 0) is 19.2 Å². The second-order valence-electron chi connectivity index (χ2n) is 15.3. The average Bonchev–Trinajstić information content (AvgIpc) is 3.51. The van der Waals surface area contributed by atoms with Gasteiger partial charge in [0.1, 0.15) is 0 Å². The quantitative estimate of drug-likeness (QED) is 0.0513. The third-order valence-electron chi connectivity index (χ3n) is 11.0. The molecule has 0 radical (unpaired) electrons. The molecule has 2 heterocycles. The number of unbranched alkanes of at least 4 members (excludes halogenated alkanes) is 26. The normalized spacial score (nSPS) is 18.3. The monoisotopic (exact) mass is 673 g/mol. The van der Waals surface area contributed by atoms with Gasteiger partial charge in [0.05, 0.1) is 0 Å². The zero-order valence-corrected chi connectivity index (χ0v) is 31.7. The first-order valence-corrected chi connectivity index (χ1v) is 21.2. The summed E-state index contributed by atoms with van der Waals surface area (Å²) >= 11 is 0. The number of likely N-dealkylation sites (tertiary alicyclic amines) is 2. The van der Waals surface area contributed by atoms with Crippen LogP contribution >= 0.6 is 0 Å². The van der Waals surface area contributed by atoms with Crippen molar-refractivity contribution >= 4 is 23.6 Å². The van der Waals surface area contributed by atoms with Crippen molar-refractivity contribution in [1.29, 1.82) is 0 Å². The molecule has 0 bridgehead atoms. The van der Waals surface area contributed by atoms with Gasteiger partial charge in [0.25, 0.3) is 0 Å². The van der Waals surface area contributed by atoms with Crippen LogP contribution in [0.25, 0.3) is 0 Å². The lowest BCUT2D eigenvalue weighted by Crippen LogP contribution is -2.41. The smallest absolute Gasteiger partial charge is 0.232 e.